The third-order valence-electron chi connectivity index (χ3n) is 2.80. The van der Waals surface area contributed by atoms with Crippen LogP contribution in [0.4, 0.5) is 0 Å². The van der Waals surface area contributed by atoms with Crippen LogP contribution in [0.1, 0.15) is 18.1 Å². The standard InChI is InChI=1S/C14H16O3/c1-10-4-6-12(7-5-10)11(2)13(15)17-14(3)8-16-9-14/h4-7H,2,8-9H2,1,3H3. The number of aryl methyl sites for hydroxylation is 1. The first-order valence-corrected chi connectivity index (χ1v) is 5.57. The number of rotatable bonds is 3. The molecule has 1 heterocycles. The van der Waals surface area contributed by atoms with Crippen LogP contribution in [0.2, 0.25) is 0 Å². The van der Waals surface area contributed by atoms with Gasteiger partial charge in [-0.1, -0.05) is 36.4 Å². The Morgan fingerprint density at radius 2 is 1.94 bits per heavy atom. The summed E-state index contributed by atoms with van der Waals surface area (Å²) >= 11 is 0. The van der Waals surface area contributed by atoms with Gasteiger partial charge in [-0.05, 0) is 19.4 Å². The monoisotopic (exact) mass is 232 g/mol. The van der Waals surface area contributed by atoms with E-state index in [1.165, 1.54) is 0 Å². The molecule has 17 heavy (non-hydrogen) atoms. The Kier molecular flexibility index (Phi) is 3.03. The molecular weight excluding hydrogens is 216 g/mol. The van der Waals surface area contributed by atoms with E-state index in [1.807, 2.05) is 38.1 Å². The summed E-state index contributed by atoms with van der Waals surface area (Å²) in [6, 6.07) is 7.64. The van der Waals surface area contributed by atoms with E-state index in [0.717, 1.165) is 11.1 Å². The average molecular weight is 232 g/mol. The molecule has 90 valence electrons. The van der Waals surface area contributed by atoms with E-state index in [2.05, 4.69) is 6.58 Å². The van der Waals surface area contributed by atoms with Crippen molar-refractivity contribution in [1.29, 1.82) is 0 Å². The van der Waals surface area contributed by atoms with Gasteiger partial charge in [0.2, 0.25) is 0 Å². The molecule has 0 saturated carbocycles. The molecule has 0 N–H and O–H groups in total. The Morgan fingerprint density at radius 1 is 1.35 bits per heavy atom. The highest BCUT2D eigenvalue weighted by atomic mass is 16.6. The van der Waals surface area contributed by atoms with Gasteiger partial charge >= 0.3 is 5.97 Å². The minimum absolute atomic E-state index is 0.375. The molecule has 1 aliphatic rings. The molecule has 1 saturated heterocycles. The highest BCUT2D eigenvalue weighted by molar-refractivity contribution is 6.15. The lowest BCUT2D eigenvalue weighted by atomic mass is 10.0. The number of esters is 1. The van der Waals surface area contributed by atoms with Gasteiger partial charge in [-0.25, -0.2) is 4.79 Å². The van der Waals surface area contributed by atoms with Crippen LogP contribution in [0.25, 0.3) is 5.57 Å². The van der Waals surface area contributed by atoms with E-state index in [9.17, 15) is 4.79 Å². The summed E-state index contributed by atoms with van der Waals surface area (Å²) in [6.45, 7) is 8.55. The van der Waals surface area contributed by atoms with E-state index in [-0.39, 0.29) is 5.97 Å². The Morgan fingerprint density at radius 3 is 2.41 bits per heavy atom. The normalized spacial score (nSPS) is 17.1. The maximum absolute atomic E-state index is 11.9. The quantitative estimate of drug-likeness (QED) is 0.592. The second-order valence-corrected chi connectivity index (χ2v) is 4.68. The average Bonchev–Trinajstić information content (AvgIpc) is 2.27. The van der Waals surface area contributed by atoms with E-state index in [4.69, 9.17) is 9.47 Å². The Bertz CT molecular complexity index is 441. The van der Waals surface area contributed by atoms with Gasteiger partial charge in [-0.3, -0.25) is 0 Å². The van der Waals surface area contributed by atoms with Crippen molar-refractivity contribution in [3.63, 3.8) is 0 Å². The second kappa shape index (κ2) is 4.34. The van der Waals surface area contributed by atoms with Gasteiger partial charge < -0.3 is 9.47 Å². The summed E-state index contributed by atoms with van der Waals surface area (Å²) in [7, 11) is 0. The van der Waals surface area contributed by atoms with Crippen LogP contribution in [0, 0.1) is 6.92 Å². The van der Waals surface area contributed by atoms with Crippen LogP contribution in [0.3, 0.4) is 0 Å². The van der Waals surface area contributed by atoms with Crippen molar-refractivity contribution < 1.29 is 14.3 Å². The zero-order valence-corrected chi connectivity index (χ0v) is 10.2. The summed E-state index contributed by atoms with van der Waals surface area (Å²) in [4.78, 5) is 11.9. The number of ether oxygens (including phenoxy) is 2. The first-order chi connectivity index (χ1) is 8.00. The number of benzene rings is 1. The molecule has 1 aliphatic heterocycles. The minimum atomic E-state index is -0.481. The van der Waals surface area contributed by atoms with Crippen molar-refractivity contribution in [2.45, 2.75) is 19.4 Å². The number of hydrogen-bond acceptors (Lipinski definition) is 3. The predicted molar refractivity (Wildman–Crippen MR) is 65.5 cm³/mol. The van der Waals surface area contributed by atoms with Crippen molar-refractivity contribution >= 4 is 11.5 Å². The first kappa shape index (κ1) is 11.9. The predicted octanol–water partition coefficient (Wildman–Crippen LogP) is 2.34. The summed E-state index contributed by atoms with van der Waals surface area (Å²) in [6.07, 6.45) is 0. The van der Waals surface area contributed by atoms with Crippen LogP contribution >= 0.6 is 0 Å². The molecule has 1 aromatic carbocycles. The number of carbonyl (C=O) groups is 1. The molecule has 0 unspecified atom stereocenters. The molecule has 0 amide bonds. The molecule has 0 radical (unpaired) electrons. The maximum atomic E-state index is 11.9. The molecule has 0 aromatic heterocycles. The molecule has 3 heteroatoms. The molecule has 1 fully saturated rings. The number of carbonyl (C=O) groups excluding carboxylic acids is 1. The Hall–Kier alpha value is -1.61. The third kappa shape index (κ3) is 2.56. The smallest absolute Gasteiger partial charge is 0.338 e. The van der Waals surface area contributed by atoms with Gasteiger partial charge in [0.1, 0.15) is 0 Å². The molecule has 1 aromatic rings. The fraction of sp³-hybridized carbons (Fsp3) is 0.357. The lowest BCUT2D eigenvalue weighted by Gasteiger charge is -2.37. The van der Waals surface area contributed by atoms with E-state index in [1.54, 1.807) is 0 Å². The molecule has 2 rings (SSSR count). The molecule has 0 atom stereocenters. The van der Waals surface area contributed by atoms with Crippen molar-refractivity contribution in [3.05, 3.63) is 42.0 Å². The summed E-state index contributed by atoms with van der Waals surface area (Å²) < 4.78 is 10.4. The van der Waals surface area contributed by atoms with Crippen LogP contribution < -0.4 is 0 Å². The van der Waals surface area contributed by atoms with Crippen molar-refractivity contribution in [2.24, 2.45) is 0 Å². The van der Waals surface area contributed by atoms with Gasteiger partial charge in [-0.2, -0.15) is 0 Å². The minimum Gasteiger partial charge on any atom is -0.451 e. The lowest BCUT2D eigenvalue weighted by Crippen LogP contribution is -2.50. The van der Waals surface area contributed by atoms with Gasteiger partial charge in [-0.15, -0.1) is 0 Å². The maximum Gasteiger partial charge on any atom is 0.338 e. The Balaban J connectivity index is 2.04. The van der Waals surface area contributed by atoms with Crippen molar-refractivity contribution in [2.75, 3.05) is 13.2 Å². The van der Waals surface area contributed by atoms with Gasteiger partial charge in [0.25, 0.3) is 0 Å². The van der Waals surface area contributed by atoms with E-state index >= 15 is 0 Å². The van der Waals surface area contributed by atoms with Crippen LogP contribution in [0.5, 0.6) is 0 Å². The fourth-order valence-electron chi connectivity index (χ4n) is 1.61. The van der Waals surface area contributed by atoms with Crippen LogP contribution in [-0.4, -0.2) is 24.8 Å². The molecule has 0 aliphatic carbocycles. The zero-order chi connectivity index (χ0) is 12.5. The van der Waals surface area contributed by atoms with Crippen LogP contribution in [-0.2, 0) is 14.3 Å². The van der Waals surface area contributed by atoms with Crippen LogP contribution in [0.15, 0.2) is 30.8 Å². The lowest BCUT2D eigenvalue weighted by molar-refractivity contribution is -0.200. The van der Waals surface area contributed by atoms with Crippen molar-refractivity contribution in [3.8, 4) is 0 Å². The highest BCUT2D eigenvalue weighted by Gasteiger charge is 2.38. The number of hydrogen-bond donors (Lipinski definition) is 0. The van der Waals surface area contributed by atoms with Gasteiger partial charge in [0, 0.05) is 0 Å². The molecule has 0 bridgehead atoms. The highest BCUT2D eigenvalue weighted by Crippen LogP contribution is 2.24. The van der Waals surface area contributed by atoms with Gasteiger partial charge in [0.05, 0.1) is 18.8 Å². The first-order valence-electron chi connectivity index (χ1n) is 5.57. The molecule has 0 spiro atoms. The SMILES string of the molecule is C=C(C(=O)OC1(C)COC1)c1ccc(C)cc1. The van der Waals surface area contributed by atoms with Gasteiger partial charge in [0.15, 0.2) is 5.60 Å². The Labute approximate surface area is 101 Å². The third-order valence-corrected chi connectivity index (χ3v) is 2.80. The van der Waals surface area contributed by atoms with Crippen molar-refractivity contribution in [1.82, 2.24) is 0 Å². The van der Waals surface area contributed by atoms with E-state index < -0.39 is 5.60 Å². The summed E-state index contributed by atoms with van der Waals surface area (Å²) in [5.41, 5.74) is 1.85. The zero-order valence-electron chi connectivity index (χ0n) is 10.2. The largest absolute Gasteiger partial charge is 0.451 e. The summed E-state index contributed by atoms with van der Waals surface area (Å²) in [5, 5.41) is 0. The summed E-state index contributed by atoms with van der Waals surface area (Å²) in [5.74, 6) is -0.375. The fourth-order valence-corrected chi connectivity index (χ4v) is 1.61. The second-order valence-electron chi connectivity index (χ2n) is 4.68. The topological polar surface area (TPSA) is 35.5 Å². The molecular formula is C14H16O3. The molecule has 3 nitrogen and oxygen atoms in total. The van der Waals surface area contributed by atoms with E-state index in [0.29, 0.717) is 18.8 Å².